The second kappa shape index (κ2) is 5.36. The first-order valence-corrected chi connectivity index (χ1v) is 6.86. The maximum absolute atomic E-state index is 11.9. The molecule has 0 aliphatic carbocycles. The number of amides is 1. The summed E-state index contributed by atoms with van der Waals surface area (Å²) in [5.74, 6) is 0.435. The van der Waals surface area contributed by atoms with Gasteiger partial charge in [0.25, 0.3) is 0 Å². The van der Waals surface area contributed by atoms with E-state index in [0.29, 0.717) is 18.0 Å². The molecule has 0 bridgehead atoms. The van der Waals surface area contributed by atoms with Crippen molar-refractivity contribution < 1.29 is 4.79 Å². The predicted octanol–water partition coefficient (Wildman–Crippen LogP) is 0.666. The van der Waals surface area contributed by atoms with Crippen LogP contribution < -0.4 is 5.73 Å². The van der Waals surface area contributed by atoms with E-state index in [-0.39, 0.29) is 5.92 Å². The lowest BCUT2D eigenvalue weighted by Crippen LogP contribution is -2.46. The van der Waals surface area contributed by atoms with Crippen molar-refractivity contribution in [2.24, 2.45) is 11.7 Å². The van der Waals surface area contributed by atoms with Crippen LogP contribution in [0.5, 0.6) is 0 Å². The van der Waals surface area contributed by atoms with E-state index in [1.54, 1.807) is 0 Å². The predicted molar refractivity (Wildman–Crippen MR) is 68.6 cm³/mol. The molecule has 98 valence electrons. The van der Waals surface area contributed by atoms with Crippen molar-refractivity contribution >= 4 is 5.91 Å². The summed E-state index contributed by atoms with van der Waals surface area (Å²) in [6.07, 6.45) is 3.34. The highest BCUT2D eigenvalue weighted by Crippen LogP contribution is 2.21. The van der Waals surface area contributed by atoms with E-state index in [9.17, 15) is 4.79 Å². The van der Waals surface area contributed by atoms with Gasteiger partial charge in [0.2, 0.25) is 5.91 Å². The van der Waals surface area contributed by atoms with Crippen LogP contribution in [0.3, 0.4) is 0 Å². The van der Waals surface area contributed by atoms with Crippen molar-refractivity contribution in [3.63, 3.8) is 0 Å². The van der Waals surface area contributed by atoms with Crippen molar-refractivity contribution in [1.29, 1.82) is 0 Å². The van der Waals surface area contributed by atoms with Gasteiger partial charge in [-0.15, -0.1) is 0 Å². The number of carbonyl (C=O) groups is 1. The summed E-state index contributed by atoms with van der Waals surface area (Å²) in [6.45, 7) is 8.03. The normalized spacial score (nSPS) is 28.0. The minimum Gasteiger partial charge on any atom is -0.341 e. The molecule has 2 N–H and O–H groups in total. The third-order valence-corrected chi connectivity index (χ3v) is 4.06. The Balaban J connectivity index is 1.83. The van der Waals surface area contributed by atoms with E-state index >= 15 is 0 Å². The minimum atomic E-state index is 0.128. The number of likely N-dealkylation sites (tertiary alicyclic amines) is 2. The van der Waals surface area contributed by atoms with E-state index in [1.165, 1.54) is 0 Å². The highest BCUT2D eigenvalue weighted by atomic mass is 16.2. The Morgan fingerprint density at radius 2 is 1.82 bits per heavy atom. The lowest BCUT2D eigenvalue weighted by molar-refractivity contribution is -0.133. The van der Waals surface area contributed by atoms with Gasteiger partial charge in [-0.05, 0) is 32.4 Å². The van der Waals surface area contributed by atoms with Crippen LogP contribution in [0.1, 0.15) is 33.1 Å². The van der Waals surface area contributed by atoms with Gasteiger partial charge < -0.3 is 10.6 Å². The summed E-state index contributed by atoms with van der Waals surface area (Å²) >= 11 is 0. The Morgan fingerprint density at radius 3 is 2.41 bits per heavy atom. The van der Waals surface area contributed by atoms with Gasteiger partial charge in [-0.25, -0.2) is 0 Å². The number of nitrogens with two attached hydrogens (primary N) is 1. The summed E-state index contributed by atoms with van der Waals surface area (Å²) in [5, 5.41) is 0. The largest absolute Gasteiger partial charge is 0.341 e. The first kappa shape index (κ1) is 12.8. The van der Waals surface area contributed by atoms with Crippen molar-refractivity contribution in [3.05, 3.63) is 0 Å². The van der Waals surface area contributed by atoms with Gasteiger partial charge in [-0.2, -0.15) is 0 Å². The maximum Gasteiger partial charge on any atom is 0.225 e. The van der Waals surface area contributed by atoms with Gasteiger partial charge in [0.1, 0.15) is 0 Å². The molecule has 1 atom stereocenters. The Morgan fingerprint density at radius 1 is 1.18 bits per heavy atom. The first-order valence-electron chi connectivity index (χ1n) is 6.86. The molecule has 2 aliphatic rings. The Kier molecular flexibility index (Phi) is 4.05. The Bertz CT molecular complexity index is 272. The van der Waals surface area contributed by atoms with Crippen LogP contribution in [0.4, 0.5) is 0 Å². The second-order valence-corrected chi connectivity index (χ2v) is 5.75. The number of nitrogens with zero attached hydrogens (tertiary/aromatic N) is 2. The number of hydrogen-bond donors (Lipinski definition) is 1. The number of hydrogen-bond acceptors (Lipinski definition) is 3. The van der Waals surface area contributed by atoms with Crippen LogP contribution in [0, 0.1) is 5.92 Å². The van der Waals surface area contributed by atoms with Gasteiger partial charge in [-0.3, -0.25) is 9.69 Å². The van der Waals surface area contributed by atoms with E-state index in [2.05, 4.69) is 4.90 Å². The molecule has 2 aliphatic heterocycles. The van der Waals surface area contributed by atoms with Gasteiger partial charge in [0, 0.05) is 31.1 Å². The molecule has 0 radical (unpaired) electrons. The van der Waals surface area contributed by atoms with Crippen LogP contribution in [-0.4, -0.2) is 54.0 Å². The van der Waals surface area contributed by atoms with Crippen molar-refractivity contribution in [2.45, 2.75) is 45.2 Å². The van der Waals surface area contributed by atoms with Crippen molar-refractivity contribution in [1.82, 2.24) is 9.80 Å². The molecule has 0 aromatic heterocycles. The smallest absolute Gasteiger partial charge is 0.225 e. The van der Waals surface area contributed by atoms with Crippen molar-refractivity contribution in [3.8, 4) is 0 Å². The van der Waals surface area contributed by atoms with E-state index in [0.717, 1.165) is 45.4 Å². The summed E-state index contributed by atoms with van der Waals surface area (Å²) < 4.78 is 0. The molecule has 1 amide bonds. The molecular weight excluding hydrogens is 214 g/mol. The average molecular weight is 239 g/mol. The van der Waals surface area contributed by atoms with Crippen molar-refractivity contribution in [2.75, 3.05) is 26.2 Å². The minimum absolute atomic E-state index is 0.128. The zero-order chi connectivity index (χ0) is 12.4. The average Bonchev–Trinajstić information content (AvgIpc) is 2.78. The molecular formula is C13H25N3O. The highest BCUT2D eigenvalue weighted by molar-refractivity contribution is 5.78. The molecule has 0 aromatic carbocycles. The molecule has 2 heterocycles. The number of piperidine rings is 1. The number of carbonyl (C=O) groups excluding carboxylic acids is 1. The van der Waals surface area contributed by atoms with Gasteiger partial charge >= 0.3 is 0 Å². The standard InChI is InChI=1S/C13H25N3O/c1-10(2)13(17)16-8-5-12(9-16)15-6-3-11(14)4-7-15/h10-12H,3-9,14H2,1-2H3. The molecule has 2 saturated heterocycles. The fourth-order valence-corrected chi connectivity index (χ4v) is 2.89. The van der Waals surface area contributed by atoms with E-state index in [4.69, 9.17) is 5.73 Å². The molecule has 0 saturated carbocycles. The Hall–Kier alpha value is -0.610. The summed E-state index contributed by atoms with van der Waals surface area (Å²) in [7, 11) is 0. The molecule has 17 heavy (non-hydrogen) atoms. The highest BCUT2D eigenvalue weighted by Gasteiger charge is 2.32. The lowest BCUT2D eigenvalue weighted by Gasteiger charge is -2.34. The van der Waals surface area contributed by atoms with Crippen LogP contribution in [0.2, 0.25) is 0 Å². The van der Waals surface area contributed by atoms with Gasteiger partial charge in [0.05, 0.1) is 0 Å². The lowest BCUT2D eigenvalue weighted by atomic mass is 10.0. The quantitative estimate of drug-likeness (QED) is 0.770. The Labute approximate surface area is 104 Å². The molecule has 1 unspecified atom stereocenters. The molecule has 4 nitrogen and oxygen atoms in total. The van der Waals surface area contributed by atoms with Gasteiger partial charge in [0.15, 0.2) is 0 Å². The third kappa shape index (κ3) is 2.99. The van der Waals surface area contributed by atoms with E-state index < -0.39 is 0 Å². The number of rotatable bonds is 2. The SMILES string of the molecule is CC(C)C(=O)N1CCC(N2CCC(N)CC2)C1. The fourth-order valence-electron chi connectivity index (χ4n) is 2.89. The second-order valence-electron chi connectivity index (χ2n) is 5.75. The zero-order valence-corrected chi connectivity index (χ0v) is 11.1. The molecule has 0 aromatic rings. The molecule has 2 rings (SSSR count). The topological polar surface area (TPSA) is 49.6 Å². The molecule has 2 fully saturated rings. The van der Waals surface area contributed by atoms with Crippen LogP contribution in [-0.2, 0) is 4.79 Å². The summed E-state index contributed by atoms with van der Waals surface area (Å²) in [4.78, 5) is 16.5. The van der Waals surface area contributed by atoms with Gasteiger partial charge in [-0.1, -0.05) is 13.8 Å². The molecule has 4 heteroatoms. The van der Waals surface area contributed by atoms with E-state index in [1.807, 2.05) is 18.7 Å². The molecule has 0 spiro atoms. The fraction of sp³-hybridized carbons (Fsp3) is 0.923. The summed E-state index contributed by atoms with van der Waals surface area (Å²) in [6, 6.07) is 0.964. The summed E-state index contributed by atoms with van der Waals surface area (Å²) in [5.41, 5.74) is 5.92. The van der Waals surface area contributed by atoms with Crippen LogP contribution in [0.25, 0.3) is 0 Å². The van der Waals surface area contributed by atoms with Crippen LogP contribution >= 0.6 is 0 Å². The third-order valence-electron chi connectivity index (χ3n) is 4.06. The van der Waals surface area contributed by atoms with Crippen LogP contribution in [0.15, 0.2) is 0 Å². The zero-order valence-electron chi connectivity index (χ0n) is 11.1. The first-order chi connectivity index (χ1) is 8.08. The maximum atomic E-state index is 11.9. The monoisotopic (exact) mass is 239 g/mol.